The normalized spacial score (nSPS) is 10.2. The molecule has 0 saturated carbocycles. The van der Waals surface area contributed by atoms with Crippen molar-refractivity contribution in [2.24, 2.45) is 0 Å². The van der Waals surface area contributed by atoms with Gasteiger partial charge in [-0.2, -0.15) is 0 Å². The Morgan fingerprint density at radius 2 is 1.61 bits per heavy atom. The molecule has 0 spiro atoms. The quantitative estimate of drug-likeness (QED) is 0.920. The lowest BCUT2D eigenvalue weighted by molar-refractivity contribution is 0.349. The molecular weight excluding hydrogens is 252 g/mol. The summed E-state index contributed by atoms with van der Waals surface area (Å²) < 4.78 is 15.8. The van der Waals surface area contributed by atoms with Crippen molar-refractivity contribution in [2.75, 3.05) is 27.1 Å². The number of nitrogen functional groups attached to an aromatic ring is 1. The van der Waals surface area contributed by atoms with Gasteiger partial charge < -0.3 is 19.9 Å². The third-order valence-corrected chi connectivity index (χ3v) is 3.21. The van der Waals surface area contributed by atoms with E-state index in [0.29, 0.717) is 27.9 Å². The molecule has 0 fully saturated rings. The summed E-state index contributed by atoms with van der Waals surface area (Å²) in [5, 5.41) is 0.639. The number of hydrogen-bond donors (Lipinski definition) is 1. The van der Waals surface area contributed by atoms with E-state index in [-0.39, 0.29) is 0 Å². The van der Waals surface area contributed by atoms with E-state index >= 15 is 0 Å². The molecule has 2 N–H and O–H groups in total. The highest BCUT2D eigenvalue weighted by molar-refractivity contribution is 7.14. The van der Waals surface area contributed by atoms with Gasteiger partial charge in [0.25, 0.3) is 0 Å². The van der Waals surface area contributed by atoms with Gasteiger partial charge in [-0.3, -0.25) is 0 Å². The van der Waals surface area contributed by atoms with Crippen molar-refractivity contribution in [3.05, 3.63) is 17.6 Å². The number of aromatic nitrogens is 1. The maximum atomic E-state index is 5.89. The van der Waals surface area contributed by atoms with Crippen LogP contribution in [0.15, 0.2) is 17.6 Å². The van der Waals surface area contributed by atoms with Crippen molar-refractivity contribution in [3.63, 3.8) is 0 Å². The van der Waals surface area contributed by atoms with Crippen LogP contribution in [0.1, 0.15) is 0 Å². The molecule has 0 unspecified atom stereocenters. The predicted molar refractivity (Wildman–Crippen MR) is 71.6 cm³/mol. The Morgan fingerprint density at radius 3 is 2.11 bits per heavy atom. The first kappa shape index (κ1) is 12.5. The number of anilines is 1. The fourth-order valence-electron chi connectivity index (χ4n) is 1.67. The second-order valence-electron chi connectivity index (χ2n) is 3.47. The van der Waals surface area contributed by atoms with Crippen LogP contribution in [0.5, 0.6) is 17.2 Å². The minimum absolute atomic E-state index is 0.604. The van der Waals surface area contributed by atoms with Gasteiger partial charge >= 0.3 is 0 Å². The van der Waals surface area contributed by atoms with Crippen molar-refractivity contribution in [3.8, 4) is 28.5 Å². The van der Waals surface area contributed by atoms with Gasteiger partial charge in [0, 0.05) is 11.6 Å². The number of thiazole rings is 1. The maximum Gasteiger partial charge on any atom is 0.164 e. The van der Waals surface area contributed by atoms with Crippen LogP contribution in [-0.4, -0.2) is 26.3 Å². The molecule has 1 aromatic carbocycles. The molecule has 2 aromatic rings. The largest absolute Gasteiger partial charge is 0.496 e. The first-order valence-corrected chi connectivity index (χ1v) is 6.08. The van der Waals surface area contributed by atoms with E-state index in [0.717, 1.165) is 5.56 Å². The van der Waals surface area contributed by atoms with Crippen LogP contribution in [0, 0.1) is 0 Å². The molecule has 0 amide bonds. The second-order valence-corrected chi connectivity index (χ2v) is 4.36. The first-order valence-electron chi connectivity index (χ1n) is 5.20. The summed E-state index contributed by atoms with van der Waals surface area (Å²) in [7, 11) is 4.75. The number of hydrogen-bond acceptors (Lipinski definition) is 6. The summed E-state index contributed by atoms with van der Waals surface area (Å²) in [6, 6.07) is 3.57. The van der Waals surface area contributed by atoms with Crippen molar-refractivity contribution < 1.29 is 14.2 Å². The van der Waals surface area contributed by atoms with E-state index in [9.17, 15) is 0 Å². The van der Waals surface area contributed by atoms with E-state index in [2.05, 4.69) is 4.98 Å². The van der Waals surface area contributed by atoms with Gasteiger partial charge in [-0.25, -0.2) is 4.98 Å². The fourth-order valence-corrected chi connectivity index (χ4v) is 2.22. The van der Waals surface area contributed by atoms with Crippen LogP contribution in [0.4, 0.5) is 5.00 Å². The average Bonchev–Trinajstić information content (AvgIpc) is 2.83. The van der Waals surface area contributed by atoms with Crippen LogP contribution in [0.25, 0.3) is 11.3 Å². The minimum atomic E-state index is 0.604. The number of rotatable bonds is 4. The summed E-state index contributed by atoms with van der Waals surface area (Å²) in [4.78, 5) is 4.24. The van der Waals surface area contributed by atoms with Gasteiger partial charge in [0.1, 0.15) is 16.4 Å². The standard InChI is InChI=1S/C12H14N2O3S/c1-15-8-5-10(17-3)9(16-2)4-7(8)11-12(13)18-6-14-11/h4-6H,13H2,1-3H3. The highest BCUT2D eigenvalue weighted by Gasteiger charge is 2.16. The smallest absolute Gasteiger partial charge is 0.164 e. The third kappa shape index (κ3) is 2.06. The highest BCUT2D eigenvalue weighted by atomic mass is 32.1. The van der Waals surface area contributed by atoms with E-state index in [1.54, 1.807) is 32.9 Å². The summed E-state index contributed by atoms with van der Waals surface area (Å²) >= 11 is 1.38. The fraction of sp³-hybridized carbons (Fsp3) is 0.250. The van der Waals surface area contributed by atoms with E-state index in [1.807, 2.05) is 6.07 Å². The maximum absolute atomic E-state index is 5.89. The van der Waals surface area contributed by atoms with Crippen molar-refractivity contribution >= 4 is 16.3 Å². The molecule has 0 bridgehead atoms. The Balaban J connectivity index is 2.62. The van der Waals surface area contributed by atoms with Crippen molar-refractivity contribution in [2.45, 2.75) is 0 Å². The molecule has 6 heteroatoms. The molecule has 0 saturated heterocycles. The Morgan fingerprint density at radius 1 is 1.00 bits per heavy atom. The summed E-state index contributed by atoms with van der Waals surface area (Å²) in [6.07, 6.45) is 0. The lowest BCUT2D eigenvalue weighted by atomic mass is 10.1. The molecule has 0 atom stereocenters. The van der Waals surface area contributed by atoms with Crippen LogP contribution < -0.4 is 19.9 Å². The lowest BCUT2D eigenvalue weighted by Crippen LogP contribution is -1.96. The van der Waals surface area contributed by atoms with Crippen molar-refractivity contribution in [1.29, 1.82) is 0 Å². The molecule has 18 heavy (non-hydrogen) atoms. The second kappa shape index (κ2) is 5.14. The Bertz CT molecular complexity index is 554. The molecule has 0 aliphatic heterocycles. The molecule has 1 heterocycles. The summed E-state index contributed by atoms with van der Waals surface area (Å²) in [5.41, 5.74) is 9.06. The Hall–Kier alpha value is -1.95. The number of methoxy groups -OCH3 is 3. The number of benzene rings is 1. The third-order valence-electron chi connectivity index (χ3n) is 2.56. The SMILES string of the molecule is COc1cc(OC)c(-c2ncsc2N)cc1OC. The summed E-state index contributed by atoms with van der Waals surface area (Å²) in [6.45, 7) is 0. The lowest BCUT2D eigenvalue weighted by Gasteiger charge is -2.13. The molecule has 96 valence electrons. The van der Waals surface area contributed by atoms with Crippen LogP contribution in [-0.2, 0) is 0 Å². The summed E-state index contributed by atoms with van der Waals surface area (Å²) in [5.74, 6) is 1.86. The topological polar surface area (TPSA) is 66.6 Å². The highest BCUT2D eigenvalue weighted by Crippen LogP contribution is 2.41. The molecule has 0 radical (unpaired) electrons. The van der Waals surface area contributed by atoms with Crippen LogP contribution >= 0.6 is 11.3 Å². The van der Waals surface area contributed by atoms with Gasteiger partial charge in [-0.05, 0) is 6.07 Å². The number of nitrogens with two attached hydrogens (primary N) is 1. The van der Waals surface area contributed by atoms with Gasteiger partial charge in [0.2, 0.25) is 0 Å². The Labute approximate surface area is 109 Å². The average molecular weight is 266 g/mol. The first-order chi connectivity index (χ1) is 8.71. The zero-order valence-electron chi connectivity index (χ0n) is 10.4. The van der Waals surface area contributed by atoms with E-state index < -0.39 is 0 Å². The van der Waals surface area contributed by atoms with E-state index in [4.69, 9.17) is 19.9 Å². The monoisotopic (exact) mass is 266 g/mol. The van der Waals surface area contributed by atoms with Crippen LogP contribution in [0.2, 0.25) is 0 Å². The molecule has 1 aromatic heterocycles. The Kier molecular flexibility index (Phi) is 3.57. The zero-order valence-corrected chi connectivity index (χ0v) is 11.2. The number of ether oxygens (including phenoxy) is 3. The minimum Gasteiger partial charge on any atom is -0.496 e. The van der Waals surface area contributed by atoms with Gasteiger partial charge in [0.15, 0.2) is 11.5 Å². The van der Waals surface area contributed by atoms with E-state index in [1.165, 1.54) is 11.3 Å². The molecule has 5 nitrogen and oxygen atoms in total. The van der Waals surface area contributed by atoms with Gasteiger partial charge in [0.05, 0.1) is 26.8 Å². The predicted octanol–water partition coefficient (Wildman–Crippen LogP) is 2.42. The van der Waals surface area contributed by atoms with Gasteiger partial charge in [-0.1, -0.05) is 0 Å². The zero-order chi connectivity index (χ0) is 13.1. The molecule has 0 aliphatic carbocycles. The number of nitrogens with zero attached hydrogens (tertiary/aromatic N) is 1. The van der Waals surface area contributed by atoms with Crippen molar-refractivity contribution in [1.82, 2.24) is 4.98 Å². The van der Waals surface area contributed by atoms with Gasteiger partial charge in [-0.15, -0.1) is 11.3 Å². The molecular formula is C12H14N2O3S. The molecule has 0 aliphatic rings. The van der Waals surface area contributed by atoms with Crippen LogP contribution in [0.3, 0.4) is 0 Å². The molecule has 2 rings (SSSR count).